The highest BCUT2D eigenvalue weighted by atomic mass is 35.5. The van der Waals surface area contributed by atoms with Gasteiger partial charge in [0.15, 0.2) is 5.82 Å². The standard InChI is InChI=1S/C28H22Cl2FN3O4/c1-5-24(35)34-14(2)13-38-21-10-18(31)17(9-20(21)34)28-32-12-16-8-15(6-7-19(16)33-28)25-26(29)22(36-3)11-23(37-4)27(25)30/h5-12,14H,1,13H2,2-4H3. The van der Waals surface area contributed by atoms with Crippen molar-refractivity contribution in [2.24, 2.45) is 0 Å². The van der Waals surface area contributed by atoms with Crippen LogP contribution in [0.2, 0.25) is 10.0 Å². The van der Waals surface area contributed by atoms with E-state index in [0.717, 1.165) is 0 Å². The molecule has 38 heavy (non-hydrogen) atoms. The molecule has 1 unspecified atom stereocenters. The summed E-state index contributed by atoms with van der Waals surface area (Å²) in [5.41, 5.74) is 2.38. The van der Waals surface area contributed by atoms with Crippen molar-refractivity contribution >= 4 is 45.7 Å². The van der Waals surface area contributed by atoms with E-state index in [1.54, 1.807) is 24.4 Å². The van der Waals surface area contributed by atoms with Gasteiger partial charge in [0.25, 0.3) is 5.91 Å². The number of carbonyl (C=O) groups is 1. The van der Waals surface area contributed by atoms with Crippen LogP contribution in [0.1, 0.15) is 6.92 Å². The fourth-order valence-corrected chi connectivity index (χ4v) is 5.15. The lowest BCUT2D eigenvalue weighted by molar-refractivity contribution is -0.114. The number of halogens is 3. The van der Waals surface area contributed by atoms with Crippen molar-refractivity contribution in [3.05, 3.63) is 71.1 Å². The summed E-state index contributed by atoms with van der Waals surface area (Å²) in [6.45, 7) is 5.66. The SMILES string of the molecule is C=CC(=O)N1c2cc(-c3ncc4cc(-c5c(Cl)c(OC)cc(OC)c5Cl)ccc4n3)c(F)cc2OCC1C. The van der Waals surface area contributed by atoms with Gasteiger partial charge in [0.1, 0.15) is 29.7 Å². The summed E-state index contributed by atoms with van der Waals surface area (Å²) in [5, 5.41) is 1.35. The second-order valence-corrected chi connectivity index (χ2v) is 9.38. The van der Waals surface area contributed by atoms with E-state index >= 15 is 4.39 Å². The third kappa shape index (κ3) is 4.29. The molecule has 1 atom stereocenters. The smallest absolute Gasteiger partial charge is 0.250 e. The molecule has 5 rings (SSSR count). The third-order valence-electron chi connectivity index (χ3n) is 6.32. The highest BCUT2D eigenvalue weighted by molar-refractivity contribution is 6.41. The van der Waals surface area contributed by atoms with Crippen LogP contribution in [-0.4, -0.2) is 42.7 Å². The number of aromatic nitrogens is 2. The molecule has 0 aliphatic carbocycles. The lowest BCUT2D eigenvalue weighted by atomic mass is 10.0. The summed E-state index contributed by atoms with van der Waals surface area (Å²) >= 11 is 13.2. The van der Waals surface area contributed by atoms with Crippen LogP contribution in [-0.2, 0) is 4.79 Å². The van der Waals surface area contributed by atoms with Gasteiger partial charge < -0.3 is 14.2 Å². The Morgan fingerprint density at radius 1 is 1.16 bits per heavy atom. The van der Waals surface area contributed by atoms with Gasteiger partial charge >= 0.3 is 0 Å². The first-order chi connectivity index (χ1) is 18.3. The molecule has 1 aromatic heterocycles. The number of amides is 1. The summed E-state index contributed by atoms with van der Waals surface area (Å²) in [4.78, 5) is 23.0. The monoisotopic (exact) mass is 553 g/mol. The molecule has 4 aromatic rings. The van der Waals surface area contributed by atoms with Gasteiger partial charge in [-0.15, -0.1) is 0 Å². The number of hydrogen-bond donors (Lipinski definition) is 0. The number of methoxy groups -OCH3 is 2. The fraction of sp³-hybridized carbons (Fsp3) is 0.179. The number of anilines is 1. The molecule has 1 aliphatic rings. The van der Waals surface area contributed by atoms with E-state index in [1.807, 2.05) is 13.0 Å². The van der Waals surface area contributed by atoms with Crippen LogP contribution in [0.25, 0.3) is 33.4 Å². The Morgan fingerprint density at radius 3 is 2.53 bits per heavy atom. The predicted octanol–water partition coefficient (Wildman–Crippen LogP) is 6.73. The van der Waals surface area contributed by atoms with Crippen LogP contribution in [0.4, 0.5) is 10.1 Å². The van der Waals surface area contributed by atoms with Gasteiger partial charge in [0, 0.05) is 29.3 Å². The van der Waals surface area contributed by atoms with Crippen LogP contribution >= 0.6 is 23.2 Å². The molecule has 0 bridgehead atoms. The molecule has 1 aliphatic heterocycles. The Hall–Kier alpha value is -3.88. The highest BCUT2D eigenvalue weighted by Crippen LogP contribution is 2.46. The third-order valence-corrected chi connectivity index (χ3v) is 7.07. The Balaban J connectivity index is 1.60. The maximum atomic E-state index is 15.2. The molecule has 194 valence electrons. The van der Waals surface area contributed by atoms with Gasteiger partial charge in [0.05, 0.1) is 47.1 Å². The Bertz CT molecular complexity index is 1580. The number of fused-ring (bicyclic) bond motifs is 2. The minimum absolute atomic E-state index is 0.137. The van der Waals surface area contributed by atoms with Gasteiger partial charge in [-0.05, 0) is 36.8 Å². The first-order valence-corrected chi connectivity index (χ1v) is 12.3. The molecule has 7 nitrogen and oxygen atoms in total. The average molecular weight is 554 g/mol. The van der Waals surface area contributed by atoms with Crippen LogP contribution in [0.15, 0.2) is 55.3 Å². The van der Waals surface area contributed by atoms with Crippen molar-refractivity contribution in [2.45, 2.75) is 13.0 Å². The second-order valence-electron chi connectivity index (χ2n) is 8.62. The number of nitrogens with zero attached hydrogens (tertiary/aromatic N) is 3. The lowest BCUT2D eigenvalue weighted by Crippen LogP contribution is -2.44. The Morgan fingerprint density at radius 2 is 1.87 bits per heavy atom. The zero-order valence-electron chi connectivity index (χ0n) is 20.7. The quantitative estimate of drug-likeness (QED) is 0.255. The topological polar surface area (TPSA) is 73.8 Å². The summed E-state index contributed by atoms with van der Waals surface area (Å²) in [6.07, 6.45) is 2.81. The number of ether oxygens (including phenoxy) is 3. The van der Waals surface area contributed by atoms with Gasteiger partial charge in [0.2, 0.25) is 0 Å². The molecule has 0 radical (unpaired) electrons. The van der Waals surface area contributed by atoms with Crippen molar-refractivity contribution < 1.29 is 23.4 Å². The van der Waals surface area contributed by atoms with Crippen molar-refractivity contribution in [2.75, 3.05) is 25.7 Å². The molecule has 1 amide bonds. The van der Waals surface area contributed by atoms with Gasteiger partial charge in [-0.3, -0.25) is 9.69 Å². The highest BCUT2D eigenvalue weighted by Gasteiger charge is 2.30. The minimum atomic E-state index is -0.567. The van der Waals surface area contributed by atoms with Crippen LogP contribution in [0.3, 0.4) is 0 Å². The summed E-state index contributed by atoms with van der Waals surface area (Å²) in [6, 6.07) is 9.53. The normalized spacial score (nSPS) is 14.6. The summed E-state index contributed by atoms with van der Waals surface area (Å²) in [5.74, 6) is 0.390. The number of benzene rings is 3. The number of hydrogen-bond acceptors (Lipinski definition) is 6. The Labute approximate surface area is 228 Å². The van der Waals surface area contributed by atoms with Gasteiger partial charge in [-0.25, -0.2) is 14.4 Å². The predicted molar refractivity (Wildman–Crippen MR) is 146 cm³/mol. The molecule has 10 heteroatoms. The van der Waals surface area contributed by atoms with E-state index in [9.17, 15) is 4.79 Å². The molecule has 0 saturated heterocycles. The first-order valence-electron chi connectivity index (χ1n) is 11.6. The molecule has 3 aromatic carbocycles. The van der Waals surface area contributed by atoms with Gasteiger partial charge in [-0.1, -0.05) is 35.8 Å². The fourth-order valence-electron chi connectivity index (χ4n) is 4.43. The van der Waals surface area contributed by atoms with Crippen LogP contribution < -0.4 is 19.1 Å². The number of carbonyl (C=O) groups excluding carboxylic acids is 1. The van der Waals surface area contributed by atoms with Crippen LogP contribution in [0, 0.1) is 5.82 Å². The van der Waals surface area contributed by atoms with E-state index in [0.29, 0.717) is 49.3 Å². The molecule has 0 N–H and O–H groups in total. The molecule has 2 heterocycles. The second kappa shape index (κ2) is 10.1. The van der Waals surface area contributed by atoms with Crippen molar-refractivity contribution in [1.29, 1.82) is 0 Å². The lowest BCUT2D eigenvalue weighted by Gasteiger charge is -2.34. The Kier molecular flexibility index (Phi) is 6.86. The minimum Gasteiger partial charge on any atom is -0.495 e. The zero-order chi connectivity index (χ0) is 27.1. The molecule has 0 saturated carbocycles. The molecular formula is C28H22Cl2FN3O4. The summed E-state index contributed by atoms with van der Waals surface area (Å²) in [7, 11) is 3.01. The van der Waals surface area contributed by atoms with Gasteiger partial charge in [-0.2, -0.15) is 0 Å². The van der Waals surface area contributed by atoms with E-state index in [-0.39, 0.29) is 35.7 Å². The van der Waals surface area contributed by atoms with E-state index in [1.165, 1.54) is 37.3 Å². The summed E-state index contributed by atoms with van der Waals surface area (Å²) < 4.78 is 31.6. The molecular weight excluding hydrogens is 532 g/mol. The largest absolute Gasteiger partial charge is 0.495 e. The van der Waals surface area contributed by atoms with Crippen molar-refractivity contribution in [3.63, 3.8) is 0 Å². The maximum absolute atomic E-state index is 15.2. The van der Waals surface area contributed by atoms with Crippen molar-refractivity contribution in [1.82, 2.24) is 9.97 Å². The van der Waals surface area contributed by atoms with E-state index < -0.39 is 5.82 Å². The van der Waals surface area contributed by atoms with E-state index in [4.69, 9.17) is 37.4 Å². The maximum Gasteiger partial charge on any atom is 0.250 e. The van der Waals surface area contributed by atoms with Crippen LogP contribution in [0.5, 0.6) is 17.2 Å². The van der Waals surface area contributed by atoms with Crippen molar-refractivity contribution in [3.8, 4) is 39.8 Å². The zero-order valence-corrected chi connectivity index (χ0v) is 22.2. The first kappa shape index (κ1) is 25.8. The molecule has 0 spiro atoms. The average Bonchev–Trinajstić information content (AvgIpc) is 2.92. The van der Waals surface area contributed by atoms with E-state index in [2.05, 4.69) is 16.5 Å². The molecule has 0 fully saturated rings. The number of rotatable bonds is 5.